The number of para-hydroxylation sites is 1. The molecule has 1 amide bonds. The van der Waals surface area contributed by atoms with E-state index in [-0.39, 0.29) is 6.42 Å². The van der Waals surface area contributed by atoms with Crippen LogP contribution < -0.4 is 9.62 Å². The number of rotatable bonds is 6. The Bertz CT molecular complexity index is 857. The fraction of sp³-hybridized carbons (Fsp3) is 0.235. The van der Waals surface area contributed by atoms with E-state index in [2.05, 4.69) is 5.32 Å². The van der Waals surface area contributed by atoms with Crippen molar-refractivity contribution >= 4 is 50.5 Å². The number of amides is 1. The van der Waals surface area contributed by atoms with Crippen molar-refractivity contribution in [1.82, 2.24) is 0 Å². The zero-order valence-corrected chi connectivity index (χ0v) is 16.1. The van der Waals surface area contributed by atoms with E-state index in [1.807, 2.05) is 0 Å². The van der Waals surface area contributed by atoms with Crippen LogP contribution in [0.2, 0.25) is 10.0 Å². The lowest BCUT2D eigenvalue weighted by Gasteiger charge is -2.30. The highest BCUT2D eigenvalue weighted by Crippen LogP contribution is 2.27. The zero-order chi connectivity index (χ0) is 18.6. The summed E-state index contributed by atoms with van der Waals surface area (Å²) in [5.74, 6) is -0.485. The van der Waals surface area contributed by atoms with Crippen molar-refractivity contribution in [2.75, 3.05) is 15.9 Å². The van der Waals surface area contributed by atoms with Gasteiger partial charge < -0.3 is 5.32 Å². The molecule has 0 spiro atoms. The van der Waals surface area contributed by atoms with Crippen LogP contribution in [0.25, 0.3) is 0 Å². The average Bonchev–Trinajstić information content (AvgIpc) is 2.55. The first-order valence-corrected chi connectivity index (χ1v) is 10.1. The molecule has 8 heteroatoms. The van der Waals surface area contributed by atoms with Gasteiger partial charge in [0.1, 0.15) is 6.04 Å². The highest BCUT2D eigenvalue weighted by molar-refractivity contribution is 7.92. The summed E-state index contributed by atoms with van der Waals surface area (Å²) >= 11 is 12.0. The fourth-order valence-corrected chi connectivity index (χ4v) is 3.99. The van der Waals surface area contributed by atoms with Gasteiger partial charge in [-0.2, -0.15) is 0 Å². The predicted octanol–water partition coefficient (Wildman–Crippen LogP) is 4.18. The highest BCUT2D eigenvalue weighted by Gasteiger charge is 2.31. The largest absolute Gasteiger partial charge is 0.323 e. The number of anilines is 2. The van der Waals surface area contributed by atoms with Crippen molar-refractivity contribution in [2.24, 2.45) is 0 Å². The molecule has 0 radical (unpaired) electrons. The lowest BCUT2D eigenvalue weighted by Crippen LogP contribution is -2.47. The first-order valence-electron chi connectivity index (χ1n) is 7.54. The van der Waals surface area contributed by atoms with E-state index in [9.17, 15) is 13.2 Å². The summed E-state index contributed by atoms with van der Waals surface area (Å²) in [5.41, 5.74) is 0.753. The Labute approximate surface area is 157 Å². The summed E-state index contributed by atoms with van der Waals surface area (Å²) in [4.78, 5) is 12.7. The third-order valence-electron chi connectivity index (χ3n) is 3.53. The molecule has 134 valence electrons. The number of nitrogens with zero attached hydrogens (tertiary/aromatic N) is 1. The van der Waals surface area contributed by atoms with Gasteiger partial charge in [0.2, 0.25) is 15.9 Å². The monoisotopic (exact) mass is 400 g/mol. The van der Waals surface area contributed by atoms with Gasteiger partial charge in [-0.25, -0.2) is 8.42 Å². The van der Waals surface area contributed by atoms with Crippen molar-refractivity contribution in [3.8, 4) is 0 Å². The van der Waals surface area contributed by atoms with Crippen molar-refractivity contribution in [2.45, 2.75) is 19.4 Å². The van der Waals surface area contributed by atoms with Gasteiger partial charge in [-0.15, -0.1) is 0 Å². The van der Waals surface area contributed by atoms with Gasteiger partial charge in [0, 0.05) is 5.02 Å². The van der Waals surface area contributed by atoms with E-state index in [0.29, 0.717) is 21.4 Å². The Balaban J connectivity index is 2.38. The first-order chi connectivity index (χ1) is 11.7. The number of hydrogen-bond acceptors (Lipinski definition) is 3. The van der Waals surface area contributed by atoms with Crippen molar-refractivity contribution in [3.05, 3.63) is 58.6 Å². The van der Waals surface area contributed by atoms with Crippen LogP contribution in [-0.4, -0.2) is 26.6 Å². The molecule has 0 fully saturated rings. The minimum absolute atomic E-state index is 0.284. The molecule has 5 nitrogen and oxygen atoms in total. The Morgan fingerprint density at radius 2 is 1.80 bits per heavy atom. The average molecular weight is 401 g/mol. The van der Waals surface area contributed by atoms with E-state index < -0.39 is 22.0 Å². The lowest BCUT2D eigenvalue weighted by atomic mass is 10.2. The number of nitrogens with one attached hydrogen (secondary N) is 1. The molecule has 0 heterocycles. The van der Waals surface area contributed by atoms with Gasteiger partial charge in [-0.3, -0.25) is 9.10 Å². The van der Waals surface area contributed by atoms with Crippen LogP contribution in [-0.2, 0) is 14.8 Å². The highest BCUT2D eigenvalue weighted by atomic mass is 35.5. The molecule has 0 aliphatic heterocycles. The van der Waals surface area contributed by atoms with Crippen molar-refractivity contribution in [3.63, 3.8) is 0 Å². The molecule has 0 bridgehead atoms. The van der Waals surface area contributed by atoms with Crippen molar-refractivity contribution in [1.29, 1.82) is 0 Å². The molecule has 0 aliphatic carbocycles. The first kappa shape index (κ1) is 19.6. The van der Waals surface area contributed by atoms with E-state index in [1.165, 1.54) is 6.07 Å². The standard InChI is InChI=1S/C17H18Cl2N2O3S/c1-3-16(17(22)20-15-11-12(18)9-10-14(15)19)21(25(2,23)24)13-7-5-4-6-8-13/h4-11,16H,3H2,1-2H3,(H,20,22). The zero-order valence-electron chi connectivity index (χ0n) is 13.7. The van der Waals surface area contributed by atoms with Gasteiger partial charge in [-0.05, 0) is 36.8 Å². The fourth-order valence-electron chi connectivity index (χ4n) is 2.44. The molecule has 25 heavy (non-hydrogen) atoms. The van der Waals surface area contributed by atoms with Gasteiger partial charge in [0.15, 0.2) is 0 Å². The van der Waals surface area contributed by atoms with E-state index in [1.54, 1.807) is 49.4 Å². The van der Waals surface area contributed by atoms with Crippen LogP contribution in [0.15, 0.2) is 48.5 Å². The molecule has 1 unspecified atom stereocenters. The molecule has 2 aromatic carbocycles. The number of carbonyl (C=O) groups is 1. The minimum atomic E-state index is -3.67. The topological polar surface area (TPSA) is 66.5 Å². The molecule has 1 N–H and O–H groups in total. The van der Waals surface area contributed by atoms with Crippen LogP contribution >= 0.6 is 23.2 Å². The summed E-state index contributed by atoms with van der Waals surface area (Å²) in [6.45, 7) is 1.74. The molecular formula is C17H18Cl2N2O3S. The van der Waals surface area contributed by atoms with Crippen LogP contribution in [0, 0.1) is 0 Å². The second-order valence-corrected chi connectivity index (χ2v) is 8.13. The maximum Gasteiger partial charge on any atom is 0.248 e. The molecule has 2 rings (SSSR count). The Morgan fingerprint density at radius 1 is 1.16 bits per heavy atom. The predicted molar refractivity (Wildman–Crippen MR) is 103 cm³/mol. The Morgan fingerprint density at radius 3 is 2.36 bits per heavy atom. The van der Waals surface area contributed by atoms with Gasteiger partial charge in [0.05, 0.1) is 22.7 Å². The summed E-state index contributed by atoms with van der Waals surface area (Å²) in [6.07, 6.45) is 1.36. The SMILES string of the molecule is CCC(C(=O)Nc1cc(Cl)ccc1Cl)N(c1ccccc1)S(C)(=O)=O. The molecule has 0 aromatic heterocycles. The molecule has 1 atom stereocenters. The summed E-state index contributed by atoms with van der Waals surface area (Å²) in [5, 5.41) is 3.39. The smallest absolute Gasteiger partial charge is 0.248 e. The van der Waals surface area contributed by atoms with Gasteiger partial charge in [0.25, 0.3) is 0 Å². The van der Waals surface area contributed by atoms with Gasteiger partial charge >= 0.3 is 0 Å². The molecular weight excluding hydrogens is 383 g/mol. The van der Waals surface area contributed by atoms with Crippen LogP contribution in [0.5, 0.6) is 0 Å². The number of hydrogen-bond donors (Lipinski definition) is 1. The summed E-state index contributed by atoms with van der Waals surface area (Å²) in [7, 11) is -3.67. The molecule has 0 aliphatic rings. The summed E-state index contributed by atoms with van der Waals surface area (Å²) in [6, 6.07) is 12.2. The van der Waals surface area contributed by atoms with Crippen molar-refractivity contribution < 1.29 is 13.2 Å². The number of halogens is 2. The number of sulfonamides is 1. The lowest BCUT2D eigenvalue weighted by molar-refractivity contribution is -0.117. The number of carbonyl (C=O) groups excluding carboxylic acids is 1. The quantitative estimate of drug-likeness (QED) is 0.790. The maximum absolute atomic E-state index is 12.7. The number of benzene rings is 2. The minimum Gasteiger partial charge on any atom is -0.323 e. The van der Waals surface area contributed by atoms with Crippen LogP contribution in [0.4, 0.5) is 11.4 Å². The normalized spacial score (nSPS) is 12.5. The summed E-state index contributed by atoms with van der Waals surface area (Å²) < 4.78 is 25.7. The van der Waals surface area contributed by atoms with Crippen LogP contribution in [0.3, 0.4) is 0 Å². The second-order valence-electron chi connectivity index (χ2n) is 5.43. The second kappa shape index (κ2) is 8.08. The molecule has 0 saturated heterocycles. The molecule has 0 saturated carbocycles. The third-order valence-corrected chi connectivity index (χ3v) is 5.27. The van der Waals surface area contributed by atoms with Crippen LogP contribution in [0.1, 0.15) is 13.3 Å². The van der Waals surface area contributed by atoms with E-state index >= 15 is 0 Å². The Hall–Kier alpha value is -1.76. The van der Waals surface area contributed by atoms with E-state index in [0.717, 1.165) is 10.6 Å². The maximum atomic E-state index is 12.7. The Kier molecular flexibility index (Phi) is 6.32. The third kappa shape index (κ3) is 4.87. The molecule has 2 aromatic rings. The van der Waals surface area contributed by atoms with E-state index in [4.69, 9.17) is 23.2 Å². The van der Waals surface area contributed by atoms with Gasteiger partial charge in [-0.1, -0.05) is 48.3 Å².